The lowest BCUT2D eigenvalue weighted by Gasteiger charge is -2.29. The van der Waals surface area contributed by atoms with E-state index in [1.54, 1.807) is 6.07 Å². The van der Waals surface area contributed by atoms with Gasteiger partial charge in [-0.05, 0) is 31.4 Å². The molecule has 2 amide bonds. The normalized spacial score (nSPS) is 30.0. The molecule has 2 bridgehead atoms. The number of aryl methyl sites for hydroxylation is 2. The van der Waals surface area contributed by atoms with E-state index >= 15 is 0 Å². The van der Waals surface area contributed by atoms with Crippen molar-refractivity contribution in [3.05, 3.63) is 41.5 Å². The zero-order valence-corrected chi connectivity index (χ0v) is 16.8. The van der Waals surface area contributed by atoms with Crippen molar-refractivity contribution in [2.75, 3.05) is 19.6 Å². The minimum Gasteiger partial charge on any atom is -0.369 e. The zero-order valence-electron chi connectivity index (χ0n) is 16.8. The fourth-order valence-corrected chi connectivity index (χ4v) is 5.35. The Morgan fingerprint density at radius 3 is 3.00 bits per heavy atom. The molecule has 2 aromatic heterocycles. The quantitative estimate of drug-likeness (QED) is 0.827. The number of aromatic nitrogens is 2. The Bertz CT molecular complexity index is 950. The Labute approximate surface area is 169 Å². The number of carbonyl (C=O) groups is 2. The Balaban J connectivity index is 1.27. The zero-order chi connectivity index (χ0) is 20.2. The van der Waals surface area contributed by atoms with Gasteiger partial charge in [-0.2, -0.15) is 0 Å². The van der Waals surface area contributed by atoms with E-state index in [0.29, 0.717) is 25.3 Å². The van der Waals surface area contributed by atoms with Crippen LogP contribution in [0, 0.1) is 11.8 Å². The smallest absolute Gasteiger partial charge is 0.289 e. The first-order valence-electron chi connectivity index (χ1n) is 10.3. The summed E-state index contributed by atoms with van der Waals surface area (Å²) in [7, 11) is 1.89. The van der Waals surface area contributed by atoms with Gasteiger partial charge in [0.1, 0.15) is 5.69 Å². The topological polar surface area (TPSA) is 89.6 Å². The number of hydrogen-bond acceptors (Lipinski definition) is 5. The number of nitrogens with one attached hydrogen (secondary N) is 1. The molecule has 1 N–H and O–H groups in total. The summed E-state index contributed by atoms with van der Waals surface area (Å²) in [4.78, 5) is 27.3. The molecule has 2 aromatic rings. The number of rotatable bonds is 5. The van der Waals surface area contributed by atoms with Crippen molar-refractivity contribution in [1.29, 1.82) is 0 Å². The maximum absolute atomic E-state index is 13.0. The van der Waals surface area contributed by atoms with Crippen LogP contribution < -0.4 is 5.32 Å². The Morgan fingerprint density at radius 1 is 1.41 bits per heavy atom. The van der Waals surface area contributed by atoms with Gasteiger partial charge in [0.2, 0.25) is 5.76 Å². The van der Waals surface area contributed by atoms with Crippen molar-refractivity contribution in [3.8, 4) is 0 Å². The molecule has 3 aliphatic heterocycles. The average molecular weight is 398 g/mol. The molecule has 4 atom stereocenters. The number of likely N-dealkylation sites (tertiary alicyclic amines) is 1. The molecule has 3 aliphatic rings. The highest BCUT2D eigenvalue weighted by Gasteiger charge is 2.63. The van der Waals surface area contributed by atoms with Crippen molar-refractivity contribution in [1.82, 2.24) is 19.9 Å². The second kappa shape index (κ2) is 6.73. The predicted octanol–water partition coefficient (Wildman–Crippen LogP) is 1.63. The van der Waals surface area contributed by atoms with Crippen LogP contribution in [-0.4, -0.2) is 57.8 Å². The van der Waals surface area contributed by atoms with Gasteiger partial charge in [-0.25, -0.2) is 0 Å². The molecule has 0 saturated carbocycles. The second-order valence-corrected chi connectivity index (χ2v) is 8.47. The number of amides is 2. The van der Waals surface area contributed by atoms with Crippen molar-refractivity contribution in [3.63, 3.8) is 0 Å². The van der Waals surface area contributed by atoms with Crippen LogP contribution in [0.3, 0.4) is 0 Å². The van der Waals surface area contributed by atoms with Gasteiger partial charge in [0.15, 0.2) is 0 Å². The number of ether oxygens (including phenoxy) is 1. The van der Waals surface area contributed by atoms with E-state index in [-0.39, 0.29) is 41.1 Å². The number of hydrogen-bond donors (Lipinski definition) is 1. The molecule has 0 aromatic carbocycles. The molecule has 8 nitrogen and oxygen atoms in total. The standard InChI is InChI=1S/C21H26N4O4/c1-3-13-9-18(29-23-13)19(26)22-10-14-15-11-25(12-21(15)7-6-17(14)28-21)20(27)16-5-4-8-24(16)2/h4-5,8-9,14-15,17H,3,6-7,10-12H2,1-2H3,(H,22,26)/t14-,15+,17+,21+/m0/s1. The van der Waals surface area contributed by atoms with E-state index in [0.717, 1.165) is 25.0 Å². The molecule has 1 spiro atoms. The van der Waals surface area contributed by atoms with Crippen LogP contribution in [0.5, 0.6) is 0 Å². The van der Waals surface area contributed by atoms with Crippen LogP contribution in [0.25, 0.3) is 0 Å². The largest absolute Gasteiger partial charge is 0.369 e. The van der Waals surface area contributed by atoms with Crippen LogP contribution in [0.15, 0.2) is 28.9 Å². The lowest BCUT2D eigenvalue weighted by Crippen LogP contribution is -2.41. The lowest BCUT2D eigenvalue weighted by atomic mass is 9.73. The molecule has 0 unspecified atom stereocenters. The third-order valence-electron chi connectivity index (χ3n) is 6.88. The molecular weight excluding hydrogens is 372 g/mol. The van der Waals surface area contributed by atoms with E-state index in [4.69, 9.17) is 9.26 Å². The SMILES string of the molecule is CCc1cc(C(=O)NC[C@H]2[C@H]3CN(C(=O)c4cccn4C)C[C@]34CC[C@H]2O4)on1. The maximum Gasteiger partial charge on any atom is 0.289 e. The van der Waals surface area contributed by atoms with Crippen molar-refractivity contribution in [2.45, 2.75) is 37.9 Å². The predicted molar refractivity (Wildman–Crippen MR) is 103 cm³/mol. The van der Waals surface area contributed by atoms with E-state index in [2.05, 4.69) is 10.5 Å². The van der Waals surface area contributed by atoms with Gasteiger partial charge in [-0.1, -0.05) is 12.1 Å². The molecule has 5 rings (SSSR count). The van der Waals surface area contributed by atoms with Crippen molar-refractivity contribution >= 4 is 11.8 Å². The molecule has 0 radical (unpaired) electrons. The summed E-state index contributed by atoms with van der Waals surface area (Å²) in [5.74, 6) is 0.486. The fourth-order valence-electron chi connectivity index (χ4n) is 5.35. The highest BCUT2D eigenvalue weighted by molar-refractivity contribution is 5.93. The van der Waals surface area contributed by atoms with Gasteiger partial charge in [0, 0.05) is 44.2 Å². The summed E-state index contributed by atoms with van der Waals surface area (Å²) in [6.45, 7) is 3.78. The van der Waals surface area contributed by atoms with Crippen LogP contribution in [-0.2, 0) is 18.2 Å². The molecule has 3 fully saturated rings. The minimum absolute atomic E-state index is 0.0462. The van der Waals surface area contributed by atoms with Gasteiger partial charge < -0.3 is 24.0 Å². The van der Waals surface area contributed by atoms with Gasteiger partial charge in [-0.15, -0.1) is 0 Å². The summed E-state index contributed by atoms with van der Waals surface area (Å²) >= 11 is 0. The monoisotopic (exact) mass is 398 g/mol. The Hall–Kier alpha value is -2.61. The summed E-state index contributed by atoms with van der Waals surface area (Å²) in [6, 6.07) is 5.42. The molecule has 0 aliphatic carbocycles. The lowest BCUT2D eigenvalue weighted by molar-refractivity contribution is 0.00306. The number of fused-ring (bicyclic) bond motifs is 1. The Morgan fingerprint density at radius 2 is 2.28 bits per heavy atom. The number of carbonyl (C=O) groups excluding carboxylic acids is 2. The summed E-state index contributed by atoms with van der Waals surface area (Å²) in [5.41, 5.74) is 1.20. The molecule has 5 heterocycles. The van der Waals surface area contributed by atoms with Crippen LogP contribution in [0.4, 0.5) is 0 Å². The summed E-state index contributed by atoms with van der Waals surface area (Å²) in [5, 5.41) is 6.87. The van der Waals surface area contributed by atoms with Gasteiger partial charge in [-0.3, -0.25) is 9.59 Å². The molecule has 154 valence electrons. The summed E-state index contributed by atoms with van der Waals surface area (Å²) in [6.07, 6.45) is 4.71. The van der Waals surface area contributed by atoms with Gasteiger partial charge >= 0.3 is 0 Å². The van der Waals surface area contributed by atoms with Gasteiger partial charge in [0.25, 0.3) is 11.8 Å². The van der Waals surface area contributed by atoms with E-state index < -0.39 is 0 Å². The van der Waals surface area contributed by atoms with E-state index in [1.165, 1.54) is 0 Å². The minimum atomic E-state index is -0.261. The third-order valence-corrected chi connectivity index (χ3v) is 6.88. The van der Waals surface area contributed by atoms with Crippen molar-refractivity contribution in [2.24, 2.45) is 18.9 Å². The average Bonchev–Trinajstić information content (AvgIpc) is 3.51. The number of nitrogens with zero attached hydrogens (tertiary/aromatic N) is 3. The Kier molecular flexibility index (Phi) is 4.27. The van der Waals surface area contributed by atoms with E-state index in [9.17, 15) is 9.59 Å². The molecule has 3 saturated heterocycles. The summed E-state index contributed by atoms with van der Waals surface area (Å²) < 4.78 is 13.4. The molecule has 8 heteroatoms. The highest BCUT2D eigenvalue weighted by atomic mass is 16.5. The molecule has 29 heavy (non-hydrogen) atoms. The van der Waals surface area contributed by atoms with Gasteiger partial charge in [0.05, 0.1) is 23.9 Å². The van der Waals surface area contributed by atoms with E-state index in [1.807, 2.05) is 41.8 Å². The second-order valence-electron chi connectivity index (χ2n) is 8.47. The van der Waals surface area contributed by atoms with Crippen LogP contribution in [0.2, 0.25) is 0 Å². The first kappa shape index (κ1) is 18.4. The first-order valence-corrected chi connectivity index (χ1v) is 10.3. The van der Waals surface area contributed by atoms with Crippen molar-refractivity contribution < 1.29 is 18.8 Å². The molecular formula is C21H26N4O4. The fraction of sp³-hybridized carbons (Fsp3) is 0.571. The maximum atomic E-state index is 13.0. The van der Waals surface area contributed by atoms with Crippen LogP contribution in [0.1, 0.15) is 46.5 Å². The first-order chi connectivity index (χ1) is 14.0. The van der Waals surface area contributed by atoms with Crippen LogP contribution >= 0.6 is 0 Å². The third kappa shape index (κ3) is 2.88. The highest BCUT2D eigenvalue weighted by Crippen LogP contribution is 2.54.